The second-order valence-corrected chi connectivity index (χ2v) is 8.88. The summed E-state index contributed by atoms with van der Waals surface area (Å²) < 4.78 is 11.4. The quantitative estimate of drug-likeness (QED) is 0.206. The average Bonchev–Trinajstić information content (AvgIpc) is 3.11. The van der Waals surface area contributed by atoms with E-state index in [0.29, 0.717) is 22.1 Å². The molecule has 3 aromatic rings. The van der Waals surface area contributed by atoms with Crippen molar-refractivity contribution in [3.05, 3.63) is 103 Å². The van der Waals surface area contributed by atoms with Crippen molar-refractivity contribution >= 4 is 46.3 Å². The Bertz CT molecular complexity index is 1330. The number of amides is 2. The molecule has 8 nitrogen and oxygen atoms in total. The third kappa shape index (κ3) is 5.47. The number of carbonyl (C=O) groups excluding carboxylic acids is 2. The highest BCUT2D eigenvalue weighted by atomic mass is 35.5. The number of nitrogens with zero attached hydrogens (tertiary/aromatic N) is 2. The lowest BCUT2D eigenvalue weighted by molar-refractivity contribution is -0.385. The van der Waals surface area contributed by atoms with Gasteiger partial charge in [0.15, 0.2) is 11.5 Å². The summed E-state index contributed by atoms with van der Waals surface area (Å²) in [5, 5.41) is 11.4. The van der Waals surface area contributed by atoms with Crippen LogP contribution in [-0.2, 0) is 17.9 Å². The van der Waals surface area contributed by atoms with E-state index in [1.807, 2.05) is 12.1 Å². The number of rotatable bonds is 8. The molecule has 4 rings (SSSR count). The molecule has 178 valence electrons. The van der Waals surface area contributed by atoms with Crippen molar-refractivity contribution in [1.82, 2.24) is 4.90 Å². The van der Waals surface area contributed by atoms with Crippen LogP contribution < -0.4 is 9.47 Å². The zero-order valence-corrected chi connectivity index (χ0v) is 20.0. The van der Waals surface area contributed by atoms with E-state index in [4.69, 9.17) is 21.1 Å². The minimum Gasteiger partial charge on any atom is -0.493 e. The Morgan fingerprint density at radius 2 is 1.80 bits per heavy atom. The highest BCUT2D eigenvalue weighted by molar-refractivity contribution is 8.18. The van der Waals surface area contributed by atoms with Crippen molar-refractivity contribution in [2.75, 3.05) is 7.11 Å². The molecular formula is C25H19ClN2O6S. The fourth-order valence-electron chi connectivity index (χ4n) is 3.47. The number of nitro groups is 1. The molecule has 0 saturated carbocycles. The first-order chi connectivity index (χ1) is 16.9. The van der Waals surface area contributed by atoms with Gasteiger partial charge in [-0.15, -0.1) is 0 Å². The van der Waals surface area contributed by atoms with E-state index in [9.17, 15) is 19.7 Å². The molecule has 1 fully saturated rings. The Labute approximate surface area is 210 Å². The zero-order chi connectivity index (χ0) is 24.9. The molecule has 0 unspecified atom stereocenters. The maximum absolute atomic E-state index is 13.0. The second kappa shape index (κ2) is 10.6. The molecule has 10 heteroatoms. The lowest BCUT2D eigenvalue weighted by Crippen LogP contribution is -2.27. The second-order valence-electron chi connectivity index (χ2n) is 7.45. The maximum Gasteiger partial charge on any atom is 0.293 e. The number of imide groups is 1. The van der Waals surface area contributed by atoms with E-state index in [0.717, 1.165) is 22.2 Å². The number of carbonyl (C=O) groups is 2. The van der Waals surface area contributed by atoms with Crippen LogP contribution in [0.4, 0.5) is 10.5 Å². The van der Waals surface area contributed by atoms with Gasteiger partial charge >= 0.3 is 0 Å². The molecule has 1 aliphatic rings. The number of para-hydroxylation sites is 2. The van der Waals surface area contributed by atoms with E-state index in [-0.39, 0.29) is 29.3 Å². The average molecular weight is 511 g/mol. The fraction of sp³-hybridized carbons (Fsp3) is 0.120. The molecule has 35 heavy (non-hydrogen) atoms. The topological polar surface area (TPSA) is 99.0 Å². The molecule has 0 bridgehead atoms. The number of hydrogen-bond acceptors (Lipinski definition) is 7. The standard InChI is InChI=1S/C25H19ClN2O6S/c1-33-21-8-4-6-17(23(21)34-15-16-9-11-19(26)12-10-16)13-22-24(29)27(25(30)35-22)14-18-5-2-3-7-20(18)28(31)32/h2-13H,14-15H2,1H3/b22-13-. The van der Waals surface area contributed by atoms with Gasteiger partial charge in [-0.1, -0.05) is 54.1 Å². The summed E-state index contributed by atoms with van der Waals surface area (Å²) in [4.78, 5) is 37.6. The molecule has 1 heterocycles. The lowest BCUT2D eigenvalue weighted by atomic mass is 10.1. The molecule has 0 aliphatic carbocycles. The van der Waals surface area contributed by atoms with Gasteiger partial charge in [-0.25, -0.2) is 0 Å². The van der Waals surface area contributed by atoms with Crippen molar-refractivity contribution in [1.29, 1.82) is 0 Å². The summed E-state index contributed by atoms with van der Waals surface area (Å²) in [5.74, 6) is 0.340. The first kappa shape index (κ1) is 24.3. The van der Waals surface area contributed by atoms with Crippen LogP contribution >= 0.6 is 23.4 Å². The van der Waals surface area contributed by atoms with Crippen LogP contribution in [0.1, 0.15) is 16.7 Å². The van der Waals surface area contributed by atoms with E-state index in [2.05, 4.69) is 0 Å². The third-order valence-electron chi connectivity index (χ3n) is 5.20. The van der Waals surface area contributed by atoms with E-state index in [1.54, 1.807) is 42.5 Å². The molecule has 0 aromatic heterocycles. The van der Waals surface area contributed by atoms with Gasteiger partial charge in [0.05, 0.1) is 23.5 Å². The number of hydrogen-bond donors (Lipinski definition) is 0. The molecule has 2 amide bonds. The monoisotopic (exact) mass is 510 g/mol. The van der Waals surface area contributed by atoms with Gasteiger partial charge in [0.2, 0.25) is 0 Å². The van der Waals surface area contributed by atoms with Crippen LogP contribution in [0.15, 0.2) is 71.6 Å². The molecule has 0 radical (unpaired) electrons. The minimum absolute atomic E-state index is 0.152. The fourth-order valence-corrected chi connectivity index (χ4v) is 4.42. The van der Waals surface area contributed by atoms with Gasteiger partial charge in [0.25, 0.3) is 16.8 Å². The van der Waals surface area contributed by atoms with Crippen molar-refractivity contribution in [2.24, 2.45) is 0 Å². The predicted octanol–water partition coefficient (Wildman–Crippen LogP) is 6.07. The van der Waals surface area contributed by atoms with E-state index < -0.39 is 16.1 Å². The van der Waals surface area contributed by atoms with Crippen molar-refractivity contribution in [3.63, 3.8) is 0 Å². The summed E-state index contributed by atoms with van der Waals surface area (Å²) >= 11 is 6.71. The van der Waals surface area contributed by atoms with Crippen molar-refractivity contribution < 1.29 is 24.0 Å². The predicted molar refractivity (Wildman–Crippen MR) is 133 cm³/mol. The Kier molecular flexibility index (Phi) is 7.38. The SMILES string of the molecule is COc1cccc(/C=C2\SC(=O)N(Cc3ccccc3[N+](=O)[O-])C2=O)c1OCc1ccc(Cl)cc1. The normalized spacial score (nSPS) is 14.5. The summed E-state index contributed by atoms with van der Waals surface area (Å²) in [7, 11) is 1.51. The van der Waals surface area contributed by atoms with Gasteiger partial charge in [-0.05, 0) is 41.6 Å². The van der Waals surface area contributed by atoms with Crippen LogP contribution in [-0.4, -0.2) is 28.1 Å². The highest BCUT2D eigenvalue weighted by Gasteiger charge is 2.36. The number of halogens is 1. The summed E-state index contributed by atoms with van der Waals surface area (Å²) in [5.41, 5.74) is 1.56. The van der Waals surface area contributed by atoms with Gasteiger partial charge in [0.1, 0.15) is 6.61 Å². The smallest absolute Gasteiger partial charge is 0.293 e. The lowest BCUT2D eigenvalue weighted by Gasteiger charge is -2.14. The summed E-state index contributed by atoms with van der Waals surface area (Å²) in [6.07, 6.45) is 1.56. The van der Waals surface area contributed by atoms with Crippen molar-refractivity contribution in [2.45, 2.75) is 13.2 Å². The van der Waals surface area contributed by atoms with Crippen molar-refractivity contribution in [3.8, 4) is 11.5 Å². The highest BCUT2D eigenvalue weighted by Crippen LogP contribution is 2.38. The number of nitro benzene ring substituents is 1. The summed E-state index contributed by atoms with van der Waals surface area (Å²) in [6, 6.07) is 18.4. The van der Waals surface area contributed by atoms with Gasteiger partial charge in [-0.3, -0.25) is 24.6 Å². The third-order valence-corrected chi connectivity index (χ3v) is 6.36. The number of benzene rings is 3. The van der Waals surface area contributed by atoms with Crippen LogP contribution in [0, 0.1) is 10.1 Å². The Morgan fingerprint density at radius 1 is 1.06 bits per heavy atom. The van der Waals surface area contributed by atoms with Crippen LogP contribution in [0.5, 0.6) is 11.5 Å². The molecule has 0 atom stereocenters. The molecule has 0 spiro atoms. The molecule has 1 aliphatic heterocycles. The molecule has 1 saturated heterocycles. The molecule has 0 N–H and O–H groups in total. The van der Waals surface area contributed by atoms with E-state index in [1.165, 1.54) is 25.3 Å². The largest absolute Gasteiger partial charge is 0.493 e. The molecular weight excluding hydrogens is 492 g/mol. The maximum atomic E-state index is 13.0. The van der Waals surface area contributed by atoms with Gasteiger partial charge in [-0.2, -0.15) is 0 Å². The van der Waals surface area contributed by atoms with Gasteiger partial charge < -0.3 is 9.47 Å². The van der Waals surface area contributed by atoms with Crippen LogP contribution in [0.25, 0.3) is 6.08 Å². The Balaban J connectivity index is 1.60. The number of ether oxygens (including phenoxy) is 2. The number of thioether (sulfide) groups is 1. The zero-order valence-electron chi connectivity index (χ0n) is 18.5. The first-order valence-corrected chi connectivity index (χ1v) is 11.6. The van der Waals surface area contributed by atoms with E-state index >= 15 is 0 Å². The van der Waals surface area contributed by atoms with Crippen LogP contribution in [0.2, 0.25) is 5.02 Å². The van der Waals surface area contributed by atoms with Crippen LogP contribution in [0.3, 0.4) is 0 Å². The minimum atomic E-state index is -0.537. The Morgan fingerprint density at radius 3 is 2.51 bits per heavy atom. The Hall–Kier alpha value is -3.82. The first-order valence-electron chi connectivity index (χ1n) is 10.4. The summed E-state index contributed by atoms with van der Waals surface area (Å²) in [6.45, 7) is 0.0364. The van der Waals surface area contributed by atoms with Gasteiger partial charge in [0, 0.05) is 22.2 Å². The number of methoxy groups -OCH3 is 1. The molecule has 3 aromatic carbocycles.